The molecule has 4 nitrogen and oxygen atoms in total. The maximum atomic E-state index is 10.6. The molecule has 0 fully saturated rings. The molecule has 0 aliphatic rings. The SMILES string of the molecule is COc1c(C)cc(C)cc1C(O)C(C)NC(C)(C)CO. The van der Waals surface area contributed by atoms with Crippen molar-refractivity contribution in [2.24, 2.45) is 0 Å². The van der Waals surface area contributed by atoms with Crippen LogP contribution in [0.15, 0.2) is 12.1 Å². The molecule has 0 amide bonds. The van der Waals surface area contributed by atoms with Crippen molar-refractivity contribution >= 4 is 0 Å². The Balaban J connectivity index is 3.05. The summed E-state index contributed by atoms with van der Waals surface area (Å²) in [5.74, 6) is 0.721. The molecule has 0 heterocycles. The standard InChI is InChI=1S/C16H27NO3/c1-10-7-11(2)15(20-6)13(8-10)14(19)12(3)17-16(4,5)9-18/h7-8,12,14,17-19H,9H2,1-6H3. The fourth-order valence-electron chi connectivity index (χ4n) is 2.50. The summed E-state index contributed by atoms with van der Waals surface area (Å²) in [5, 5.41) is 23.1. The van der Waals surface area contributed by atoms with Gasteiger partial charge in [0.15, 0.2) is 0 Å². The zero-order valence-corrected chi connectivity index (χ0v) is 13.3. The van der Waals surface area contributed by atoms with Gasteiger partial charge in [-0.3, -0.25) is 0 Å². The van der Waals surface area contributed by atoms with Crippen LogP contribution in [0.4, 0.5) is 0 Å². The quantitative estimate of drug-likeness (QED) is 0.747. The van der Waals surface area contributed by atoms with E-state index in [-0.39, 0.29) is 12.6 Å². The van der Waals surface area contributed by atoms with Gasteiger partial charge in [-0.15, -0.1) is 0 Å². The van der Waals surface area contributed by atoms with Crippen LogP contribution in [-0.2, 0) is 0 Å². The smallest absolute Gasteiger partial charge is 0.127 e. The minimum atomic E-state index is -0.700. The van der Waals surface area contributed by atoms with Crippen LogP contribution in [0.25, 0.3) is 0 Å². The molecule has 2 atom stereocenters. The molecule has 0 saturated heterocycles. The maximum Gasteiger partial charge on any atom is 0.127 e. The van der Waals surface area contributed by atoms with Gasteiger partial charge in [-0.1, -0.05) is 11.6 Å². The van der Waals surface area contributed by atoms with Crippen molar-refractivity contribution in [1.82, 2.24) is 5.32 Å². The van der Waals surface area contributed by atoms with Crippen molar-refractivity contribution in [2.75, 3.05) is 13.7 Å². The first-order chi connectivity index (χ1) is 9.21. The number of rotatable bonds is 6. The summed E-state index contributed by atoms with van der Waals surface area (Å²) in [6, 6.07) is 3.78. The largest absolute Gasteiger partial charge is 0.496 e. The monoisotopic (exact) mass is 281 g/mol. The maximum absolute atomic E-state index is 10.6. The van der Waals surface area contributed by atoms with Crippen molar-refractivity contribution < 1.29 is 14.9 Å². The van der Waals surface area contributed by atoms with Crippen LogP contribution in [-0.4, -0.2) is 35.5 Å². The predicted octanol–water partition coefficient (Wildman–Crippen LogP) is 2.09. The van der Waals surface area contributed by atoms with Crippen LogP contribution < -0.4 is 10.1 Å². The van der Waals surface area contributed by atoms with E-state index in [1.807, 2.05) is 46.8 Å². The summed E-state index contributed by atoms with van der Waals surface area (Å²) in [4.78, 5) is 0. The minimum absolute atomic E-state index is 0.00798. The number of methoxy groups -OCH3 is 1. The number of benzene rings is 1. The van der Waals surface area contributed by atoms with E-state index in [9.17, 15) is 10.2 Å². The minimum Gasteiger partial charge on any atom is -0.496 e. The van der Waals surface area contributed by atoms with Gasteiger partial charge in [-0.25, -0.2) is 0 Å². The molecular formula is C16H27NO3. The first-order valence-electron chi connectivity index (χ1n) is 6.93. The lowest BCUT2D eigenvalue weighted by Gasteiger charge is -2.31. The van der Waals surface area contributed by atoms with E-state index in [0.717, 1.165) is 22.4 Å². The molecule has 2 unspecified atom stereocenters. The van der Waals surface area contributed by atoms with E-state index in [2.05, 4.69) is 5.32 Å². The van der Waals surface area contributed by atoms with E-state index in [1.165, 1.54) is 0 Å². The molecule has 0 spiro atoms. The van der Waals surface area contributed by atoms with Crippen LogP contribution in [0, 0.1) is 13.8 Å². The third-order valence-electron chi connectivity index (χ3n) is 3.46. The summed E-state index contributed by atoms with van der Waals surface area (Å²) in [6.45, 7) is 9.67. The molecule has 1 aromatic rings. The van der Waals surface area contributed by atoms with E-state index in [0.29, 0.717) is 0 Å². The molecule has 4 heteroatoms. The van der Waals surface area contributed by atoms with Crippen LogP contribution in [0.2, 0.25) is 0 Å². The normalized spacial score (nSPS) is 15.0. The zero-order chi connectivity index (χ0) is 15.5. The van der Waals surface area contributed by atoms with E-state index < -0.39 is 11.6 Å². The fraction of sp³-hybridized carbons (Fsp3) is 0.625. The predicted molar refractivity (Wildman–Crippen MR) is 81.2 cm³/mol. The van der Waals surface area contributed by atoms with Crippen LogP contribution in [0.5, 0.6) is 5.75 Å². The molecule has 1 rings (SSSR count). The van der Waals surface area contributed by atoms with Gasteiger partial charge in [0, 0.05) is 17.1 Å². The Hall–Kier alpha value is -1.10. The second-order valence-electron chi connectivity index (χ2n) is 6.12. The Morgan fingerprint density at radius 1 is 1.30 bits per heavy atom. The lowest BCUT2D eigenvalue weighted by molar-refractivity contribution is 0.0971. The molecule has 114 valence electrons. The highest BCUT2D eigenvalue weighted by atomic mass is 16.5. The highest BCUT2D eigenvalue weighted by molar-refractivity contribution is 5.45. The Morgan fingerprint density at radius 2 is 1.90 bits per heavy atom. The summed E-state index contributed by atoms with van der Waals surface area (Å²) < 4.78 is 5.42. The number of hydrogen-bond donors (Lipinski definition) is 3. The molecule has 0 saturated carbocycles. The summed E-state index contributed by atoms with van der Waals surface area (Å²) >= 11 is 0. The van der Waals surface area contributed by atoms with E-state index in [1.54, 1.807) is 7.11 Å². The molecule has 3 N–H and O–H groups in total. The number of hydrogen-bond acceptors (Lipinski definition) is 4. The van der Waals surface area contributed by atoms with E-state index >= 15 is 0 Å². The Labute approximate surface area is 121 Å². The third kappa shape index (κ3) is 3.95. The van der Waals surface area contributed by atoms with E-state index in [4.69, 9.17) is 4.74 Å². The Bertz CT molecular complexity index is 457. The average molecular weight is 281 g/mol. The van der Waals surface area contributed by atoms with Gasteiger partial charge in [0.05, 0.1) is 19.8 Å². The van der Waals surface area contributed by atoms with Gasteiger partial charge in [0.1, 0.15) is 5.75 Å². The van der Waals surface area contributed by atoms with Crippen molar-refractivity contribution in [3.05, 3.63) is 28.8 Å². The van der Waals surface area contributed by atoms with Crippen LogP contribution >= 0.6 is 0 Å². The summed E-state index contributed by atoms with van der Waals surface area (Å²) in [6.07, 6.45) is -0.700. The number of aryl methyl sites for hydroxylation is 2. The zero-order valence-electron chi connectivity index (χ0n) is 13.3. The average Bonchev–Trinajstić information content (AvgIpc) is 2.36. The molecule has 0 bridgehead atoms. The van der Waals surface area contributed by atoms with Gasteiger partial charge >= 0.3 is 0 Å². The van der Waals surface area contributed by atoms with Crippen molar-refractivity contribution in [3.63, 3.8) is 0 Å². The highest BCUT2D eigenvalue weighted by Crippen LogP contribution is 2.32. The van der Waals surface area contributed by atoms with Crippen LogP contribution in [0.1, 0.15) is 43.6 Å². The lowest BCUT2D eigenvalue weighted by Crippen LogP contribution is -2.49. The van der Waals surface area contributed by atoms with Crippen molar-refractivity contribution in [2.45, 2.75) is 52.3 Å². The highest BCUT2D eigenvalue weighted by Gasteiger charge is 2.26. The topological polar surface area (TPSA) is 61.7 Å². The van der Waals surface area contributed by atoms with Gasteiger partial charge in [0.25, 0.3) is 0 Å². The van der Waals surface area contributed by atoms with Crippen molar-refractivity contribution in [3.8, 4) is 5.75 Å². The number of nitrogens with one attached hydrogen (secondary N) is 1. The Morgan fingerprint density at radius 3 is 2.40 bits per heavy atom. The van der Waals surface area contributed by atoms with Gasteiger partial charge in [-0.05, 0) is 46.2 Å². The fourth-order valence-corrected chi connectivity index (χ4v) is 2.50. The molecule has 0 aliphatic heterocycles. The molecule has 20 heavy (non-hydrogen) atoms. The Kier molecular flexibility index (Phi) is 5.57. The first kappa shape index (κ1) is 17.0. The molecular weight excluding hydrogens is 254 g/mol. The van der Waals surface area contributed by atoms with Crippen molar-refractivity contribution in [1.29, 1.82) is 0 Å². The van der Waals surface area contributed by atoms with Gasteiger partial charge < -0.3 is 20.3 Å². The second kappa shape index (κ2) is 6.57. The number of aliphatic hydroxyl groups excluding tert-OH is 2. The molecule has 1 aromatic carbocycles. The van der Waals surface area contributed by atoms with Gasteiger partial charge in [0.2, 0.25) is 0 Å². The summed E-state index contributed by atoms with van der Waals surface area (Å²) in [7, 11) is 1.61. The first-order valence-corrected chi connectivity index (χ1v) is 6.93. The number of ether oxygens (including phenoxy) is 1. The molecule has 0 radical (unpaired) electrons. The molecule has 0 aromatic heterocycles. The third-order valence-corrected chi connectivity index (χ3v) is 3.46. The lowest BCUT2D eigenvalue weighted by atomic mass is 9.95. The van der Waals surface area contributed by atoms with Gasteiger partial charge in [-0.2, -0.15) is 0 Å². The molecule has 0 aliphatic carbocycles. The summed E-state index contributed by atoms with van der Waals surface area (Å²) in [5.41, 5.74) is 2.44. The van der Waals surface area contributed by atoms with Crippen LogP contribution in [0.3, 0.4) is 0 Å². The second-order valence-corrected chi connectivity index (χ2v) is 6.12. The number of aliphatic hydroxyl groups is 2.